The summed E-state index contributed by atoms with van der Waals surface area (Å²) in [5, 5.41) is 12.9. The van der Waals surface area contributed by atoms with Crippen LogP contribution in [0.15, 0.2) is 36.5 Å². The highest BCUT2D eigenvalue weighted by Crippen LogP contribution is 2.16. The lowest BCUT2D eigenvalue weighted by atomic mass is 10.00. The summed E-state index contributed by atoms with van der Waals surface area (Å²) in [5.41, 5.74) is 1.48. The number of rotatable bonds is 7. The summed E-state index contributed by atoms with van der Waals surface area (Å²) in [7, 11) is 0. The van der Waals surface area contributed by atoms with Gasteiger partial charge in [0.1, 0.15) is 0 Å². The number of benzene rings is 1. The van der Waals surface area contributed by atoms with Crippen LogP contribution < -0.4 is 5.32 Å². The zero-order valence-electron chi connectivity index (χ0n) is 12.4. The second-order valence-corrected chi connectivity index (χ2v) is 5.25. The van der Waals surface area contributed by atoms with Gasteiger partial charge >= 0.3 is 0 Å². The standard InChI is InChI=1S/C17H22N2O2/c1-2-5-13(9-11-20)12-19-17(21)15-6-3-8-16-14(15)7-4-10-18-16/h3-4,6-8,10,13,20H,2,5,9,11-12H2,1H3,(H,19,21). The zero-order valence-corrected chi connectivity index (χ0v) is 12.4. The first kappa shape index (κ1) is 15.4. The molecule has 0 saturated heterocycles. The largest absolute Gasteiger partial charge is 0.396 e. The molecule has 112 valence electrons. The molecule has 0 bridgehead atoms. The van der Waals surface area contributed by atoms with E-state index in [0.717, 1.165) is 30.2 Å². The number of carbonyl (C=O) groups excluding carboxylic acids is 1. The molecule has 0 saturated carbocycles. The predicted octanol–water partition coefficient (Wildman–Crippen LogP) is 2.76. The fourth-order valence-corrected chi connectivity index (χ4v) is 2.57. The fourth-order valence-electron chi connectivity index (χ4n) is 2.57. The first-order chi connectivity index (χ1) is 10.3. The quantitative estimate of drug-likeness (QED) is 0.822. The lowest BCUT2D eigenvalue weighted by Crippen LogP contribution is -2.30. The maximum Gasteiger partial charge on any atom is 0.251 e. The number of aliphatic hydroxyl groups excluding tert-OH is 1. The van der Waals surface area contributed by atoms with Gasteiger partial charge in [0.25, 0.3) is 5.91 Å². The first-order valence-electron chi connectivity index (χ1n) is 7.49. The second kappa shape index (κ2) is 7.74. The van der Waals surface area contributed by atoms with Crippen LogP contribution in [0.2, 0.25) is 0 Å². The van der Waals surface area contributed by atoms with E-state index >= 15 is 0 Å². The van der Waals surface area contributed by atoms with E-state index in [2.05, 4.69) is 17.2 Å². The van der Waals surface area contributed by atoms with Crippen molar-refractivity contribution in [1.29, 1.82) is 0 Å². The number of aliphatic hydroxyl groups is 1. The van der Waals surface area contributed by atoms with Gasteiger partial charge in [-0.05, 0) is 37.0 Å². The first-order valence-corrected chi connectivity index (χ1v) is 7.49. The number of pyridine rings is 1. The van der Waals surface area contributed by atoms with Crippen LogP contribution >= 0.6 is 0 Å². The van der Waals surface area contributed by atoms with E-state index in [4.69, 9.17) is 5.11 Å². The minimum absolute atomic E-state index is 0.0763. The predicted molar refractivity (Wildman–Crippen MR) is 84.2 cm³/mol. The summed E-state index contributed by atoms with van der Waals surface area (Å²) >= 11 is 0. The normalized spacial score (nSPS) is 12.3. The Labute approximate surface area is 125 Å². The van der Waals surface area contributed by atoms with Gasteiger partial charge < -0.3 is 10.4 Å². The van der Waals surface area contributed by atoms with E-state index in [9.17, 15) is 4.79 Å². The van der Waals surface area contributed by atoms with Gasteiger partial charge in [0, 0.05) is 30.3 Å². The fraction of sp³-hybridized carbons (Fsp3) is 0.412. The molecule has 0 aliphatic heterocycles. The lowest BCUT2D eigenvalue weighted by Gasteiger charge is -2.16. The van der Waals surface area contributed by atoms with Crippen LogP contribution in [0.25, 0.3) is 10.9 Å². The molecular formula is C17H22N2O2. The van der Waals surface area contributed by atoms with Gasteiger partial charge in [0.2, 0.25) is 0 Å². The number of carbonyl (C=O) groups is 1. The molecule has 2 rings (SSSR count). The molecule has 1 aromatic heterocycles. The van der Waals surface area contributed by atoms with E-state index in [0.29, 0.717) is 18.0 Å². The molecule has 4 heteroatoms. The SMILES string of the molecule is CCCC(CCO)CNC(=O)c1cccc2ncccc12. The van der Waals surface area contributed by atoms with Crippen LogP contribution in [-0.2, 0) is 0 Å². The summed E-state index contributed by atoms with van der Waals surface area (Å²) < 4.78 is 0. The van der Waals surface area contributed by atoms with Crippen molar-refractivity contribution in [2.75, 3.05) is 13.2 Å². The van der Waals surface area contributed by atoms with Crippen LogP contribution in [0, 0.1) is 5.92 Å². The Bertz CT molecular complexity index is 587. The lowest BCUT2D eigenvalue weighted by molar-refractivity contribution is 0.0944. The Morgan fingerprint density at radius 1 is 1.29 bits per heavy atom. The average Bonchev–Trinajstić information content (AvgIpc) is 2.52. The summed E-state index contributed by atoms with van der Waals surface area (Å²) in [6.07, 6.45) is 4.52. The number of hydrogen-bond acceptors (Lipinski definition) is 3. The third kappa shape index (κ3) is 4.02. The Morgan fingerprint density at radius 3 is 2.90 bits per heavy atom. The van der Waals surface area contributed by atoms with E-state index in [1.165, 1.54) is 0 Å². The van der Waals surface area contributed by atoms with Crippen molar-refractivity contribution < 1.29 is 9.90 Å². The van der Waals surface area contributed by atoms with Crippen LogP contribution in [0.4, 0.5) is 0 Å². The molecule has 0 spiro atoms. The van der Waals surface area contributed by atoms with Crippen LogP contribution in [0.3, 0.4) is 0 Å². The Balaban J connectivity index is 2.08. The minimum atomic E-state index is -0.0763. The number of nitrogens with zero attached hydrogens (tertiary/aromatic N) is 1. The van der Waals surface area contributed by atoms with Crippen molar-refractivity contribution in [3.8, 4) is 0 Å². The number of fused-ring (bicyclic) bond motifs is 1. The van der Waals surface area contributed by atoms with Gasteiger partial charge in [0.05, 0.1) is 5.52 Å². The number of hydrogen-bond donors (Lipinski definition) is 2. The van der Waals surface area contributed by atoms with Crippen molar-refractivity contribution in [2.24, 2.45) is 5.92 Å². The van der Waals surface area contributed by atoms with Gasteiger partial charge in [-0.2, -0.15) is 0 Å². The van der Waals surface area contributed by atoms with Crippen molar-refractivity contribution >= 4 is 16.8 Å². The molecule has 1 amide bonds. The van der Waals surface area contributed by atoms with Gasteiger partial charge in [-0.3, -0.25) is 9.78 Å². The van der Waals surface area contributed by atoms with Gasteiger partial charge in [0.15, 0.2) is 0 Å². The van der Waals surface area contributed by atoms with E-state index < -0.39 is 0 Å². The third-order valence-corrected chi connectivity index (χ3v) is 3.68. The molecule has 0 aliphatic rings. The van der Waals surface area contributed by atoms with Crippen molar-refractivity contribution in [3.05, 3.63) is 42.1 Å². The van der Waals surface area contributed by atoms with Crippen molar-refractivity contribution in [1.82, 2.24) is 10.3 Å². The highest BCUT2D eigenvalue weighted by atomic mass is 16.3. The van der Waals surface area contributed by atoms with Crippen molar-refractivity contribution in [2.45, 2.75) is 26.2 Å². The van der Waals surface area contributed by atoms with Gasteiger partial charge in [-0.25, -0.2) is 0 Å². The molecule has 1 atom stereocenters. The molecule has 2 aromatic rings. The Morgan fingerprint density at radius 2 is 2.14 bits per heavy atom. The van der Waals surface area contributed by atoms with E-state index in [1.54, 1.807) is 6.20 Å². The average molecular weight is 286 g/mol. The summed E-state index contributed by atoms with van der Waals surface area (Å²) in [6, 6.07) is 9.32. The molecule has 0 aliphatic carbocycles. The van der Waals surface area contributed by atoms with Crippen LogP contribution in [-0.4, -0.2) is 29.1 Å². The molecule has 1 aromatic carbocycles. The van der Waals surface area contributed by atoms with Crippen LogP contribution in [0.1, 0.15) is 36.5 Å². The highest BCUT2D eigenvalue weighted by molar-refractivity contribution is 6.06. The summed E-state index contributed by atoms with van der Waals surface area (Å²) in [5.74, 6) is 0.254. The molecule has 1 heterocycles. The smallest absolute Gasteiger partial charge is 0.251 e. The Hall–Kier alpha value is -1.94. The third-order valence-electron chi connectivity index (χ3n) is 3.68. The number of amides is 1. The molecule has 2 N–H and O–H groups in total. The minimum Gasteiger partial charge on any atom is -0.396 e. The second-order valence-electron chi connectivity index (χ2n) is 5.25. The summed E-state index contributed by atoms with van der Waals surface area (Å²) in [6.45, 7) is 2.88. The Kier molecular flexibility index (Phi) is 5.69. The van der Waals surface area contributed by atoms with Crippen molar-refractivity contribution in [3.63, 3.8) is 0 Å². The van der Waals surface area contributed by atoms with Crippen LogP contribution in [0.5, 0.6) is 0 Å². The molecular weight excluding hydrogens is 264 g/mol. The van der Waals surface area contributed by atoms with E-state index in [-0.39, 0.29) is 12.5 Å². The number of aromatic nitrogens is 1. The topological polar surface area (TPSA) is 62.2 Å². The van der Waals surface area contributed by atoms with Gasteiger partial charge in [-0.1, -0.05) is 25.5 Å². The highest BCUT2D eigenvalue weighted by Gasteiger charge is 2.13. The molecule has 0 radical (unpaired) electrons. The van der Waals surface area contributed by atoms with Gasteiger partial charge in [-0.15, -0.1) is 0 Å². The molecule has 21 heavy (non-hydrogen) atoms. The molecule has 0 fully saturated rings. The molecule has 4 nitrogen and oxygen atoms in total. The summed E-state index contributed by atoms with van der Waals surface area (Å²) in [4.78, 5) is 16.6. The number of nitrogens with one attached hydrogen (secondary N) is 1. The van der Waals surface area contributed by atoms with E-state index in [1.807, 2.05) is 30.3 Å². The zero-order chi connectivity index (χ0) is 15.1. The maximum absolute atomic E-state index is 12.4. The molecule has 1 unspecified atom stereocenters. The monoisotopic (exact) mass is 286 g/mol. The maximum atomic E-state index is 12.4.